The van der Waals surface area contributed by atoms with Gasteiger partial charge in [0, 0.05) is 6.04 Å². The molecule has 0 saturated heterocycles. The molecule has 1 aliphatic carbocycles. The van der Waals surface area contributed by atoms with E-state index in [2.05, 4.69) is 0 Å². The zero-order valence-corrected chi connectivity index (χ0v) is 7.86. The van der Waals surface area contributed by atoms with Crippen molar-refractivity contribution in [3.63, 3.8) is 0 Å². The van der Waals surface area contributed by atoms with Gasteiger partial charge in [-0.05, 0) is 36.5 Å². The molecule has 0 amide bonds. The second-order valence-corrected chi connectivity index (χ2v) is 3.75. The lowest BCUT2D eigenvalue weighted by molar-refractivity contribution is 0.0695. The largest absolute Gasteiger partial charge is 0.478 e. The number of carboxylic acid groups (broad SMARTS) is 1. The standard InChI is InChI=1S/C11H13NO2/c12-8-5-4-7-2-1-3-9(11(13)14)10(7)6-8/h1-3,8H,4-6,12H2,(H,13,14)/t8-/m0/s1. The molecule has 1 aliphatic rings. The minimum atomic E-state index is -0.851. The first-order valence-corrected chi connectivity index (χ1v) is 4.78. The number of nitrogens with two attached hydrogens (primary N) is 1. The van der Waals surface area contributed by atoms with Gasteiger partial charge in [0.1, 0.15) is 0 Å². The Hall–Kier alpha value is -1.35. The summed E-state index contributed by atoms with van der Waals surface area (Å²) >= 11 is 0. The summed E-state index contributed by atoms with van der Waals surface area (Å²) in [5, 5.41) is 8.99. The van der Waals surface area contributed by atoms with E-state index < -0.39 is 5.97 Å². The number of hydrogen-bond acceptors (Lipinski definition) is 2. The maximum absolute atomic E-state index is 10.9. The number of hydrogen-bond donors (Lipinski definition) is 2. The van der Waals surface area contributed by atoms with Crippen LogP contribution in [-0.4, -0.2) is 17.1 Å². The molecule has 1 aromatic carbocycles. The number of aromatic carboxylic acids is 1. The molecule has 0 fully saturated rings. The van der Waals surface area contributed by atoms with Crippen molar-refractivity contribution in [2.24, 2.45) is 5.73 Å². The molecule has 0 radical (unpaired) electrons. The van der Waals surface area contributed by atoms with Gasteiger partial charge in [-0.25, -0.2) is 4.79 Å². The highest BCUT2D eigenvalue weighted by atomic mass is 16.4. The summed E-state index contributed by atoms with van der Waals surface area (Å²) in [5.41, 5.74) is 8.31. The zero-order valence-electron chi connectivity index (χ0n) is 7.86. The first-order valence-electron chi connectivity index (χ1n) is 4.78. The maximum atomic E-state index is 10.9. The number of aryl methyl sites for hydroxylation is 1. The van der Waals surface area contributed by atoms with Gasteiger partial charge in [-0.1, -0.05) is 12.1 Å². The Kier molecular flexibility index (Phi) is 2.25. The SMILES string of the molecule is N[C@H]1CCc2cccc(C(=O)O)c2C1. The zero-order chi connectivity index (χ0) is 10.1. The Morgan fingerprint density at radius 3 is 3.00 bits per heavy atom. The molecule has 0 saturated carbocycles. The molecule has 3 heteroatoms. The summed E-state index contributed by atoms with van der Waals surface area (Å²) in [4.78, 5) is 10.9. The first kappa shape index (κ1) is 9.21. The molecule has 0 bridgehead atoms. The number of carbonyl (C=O) groups is 1. The van der Waals surface area contributed by atoms with Gasteiger partial charge in [-0.15, -0.1) is 0 Å². The first-order chi connectivity index (χ1) is 6.68. The molecule has 0 heterocycles. The van der Waals surface area contributed by atoms with Crippen molar-refractivity contribution < 1.29 is 9.90 Å². The summed E-state index contributed by atoms with van der Waals surface area (Å²) < 4.78 is 0. The van der Waals surface area contributed by atoms with Crippen molar-refractivity contribution in [1.82, 2.24) is 0 Å². The Morgan fingerprint density at radius 1 is 1.50 bits per heavy atom. The van der Waals surface area contributed by atoms with Crippen LogP contribution in [0.25, 0.3) is 0 Å². The fourth-order valence-corrected chi connectivity index (χ4v) is 2.02. The third-order valence-corrected chi connectivity index (χ3v) is 2.75. The van der Waals surface area contributed by atoms with Crippen LogP contribution in [-0.2, 0) is 12.8 Å². The summed E-state index contributed by atoms with van der Waals surface area (Å²) in [6.45, 7) is 0. The van der Waals surface area contributed by atoms with Crippen LogP contribution in [0.2, 0.25) is 0 Å². The number of fused-ring (bicyclic) bond motifs is 1. The molecule has 0 spiro atoms. The Balaban J connectivity index is 2.48. The Morgan fingerprint density at radius 2 is 2.29 bits per heavy atom. The molecule has 2 rings (SSSR count). The highest BCUT2D eigenvalue weighted by molar-refractivity contribution is 5.89. The molecule has 74 valence electrons. The third-order valence-electron chi connectivity index (χ3n) is 2.75. The average Bonchev–Trinajstić information content (AvgIpc) is 2.16. The van der Waals surface area contributed by atoms with E-state index in [1.807, 2.05) is 6.07 Å². The summed E-state index contributed by atoms with van der Waals surface area (Å²) in [5.74, 6) is -0.851. The van der Waals surface area contributed by atoms with E-state index in [-0.39, 0.29) is 6.04 Å². The topological polar surface area (TPSA) is 63.3 Å². The minimum absolute atomic E-state index is 0.114. The van der Waals surface area contributed by atoms with Crippen LogP contribution in [0.15, 0.2) is 18.2 Å². The molecular weight excluding hydrogens is 178 g/mol. The fourth-order valence-electron chi connectivity index (χ4n) is 2.02. The Bertz CT molecular complexity index is 374. The predicted molar refractivity (Wildman–Crippen MR) is 53.4 cm³/mol. The van der Waals surface area contributed by atoms with E-state index in [4.69, 9.17) is 10.8 Å². The van der Waals surface area contributed by atoms with Crippen LogP contribution in [0.4, 0.5) is 0 Å². The normalized spacial score (nSPS) is 20.2. The van der Waals surface area contributed by atoms with Gasteiger partial charge in [0.25, 0.3) is 0 Å². The lowest BCUT2D eigenvalue weighted by Gasteiger charge is -2.22. The smallest absolute Gasteiger partial charge is 0.335 e. The Labute approximate surface area is 82.5 Å². The van der Waals surface area contributed by atoms with Crippen LogP contribution in [0, 0.1) is 0 Å². The average molecular weight is 191 g/mol. The highest BCUT2D eigenvalue weighted by Crippen LogP contribution is 2.23. The van der Waals surface area contributed by atoms with Crippen LogP contribution < -0.4 is 5.73 Å². The van der Waals surface area contributed by atoms with Gasteiger partial charge in [-0.3, -0.25) is 0 Å². The number of rotatable bonds is 1. The number of carboxylic acids is 1. The van der Waals surface area contributed by atoms with E-state index >= 15 is 0 Å². The van der Waals surface area contributed by atoms with Crippen LogP contribution in [0.3, 0.4) is 0 Å². The molecular formula is C11H13NO2. The van der Waals surface area contributed by atoms with Crippen molar-refractivity contribution >= 4 is 5.97 Å². The predicted octanol–water partition coefficient (Wildman–Crippen LogP) is 1.20. The van der Waals surface area contributed by atoms with Gasteiger partial charge < -0.3 is 10.8 Å². The minimum Gasteiger partial charge on any atom is -0.478 e. The van der Waals surface area contributed by atoms with E-state index in [9.17, 15) is 4.79 Å². The van der Waals surface area contributed by atoms with E-state index in [1.165, 1.54) is 0 Å². The van der Waals surface area contributed by atoms with Crippen molar-refractivity contribution in [3.05, 3.63) is 34.9 Å². The molecule has 3 N–H and O–H groups in total. The number of benzene rings is 1. The lowest BCUT2D eigenvalue weighted by Crippen LogP contribution is -2.29. The summed E-state index contributed by atoms with van der Waals surface area (Å²) in [6, 6.07) is 5.56. The van der Waals surface area contributed by atoms with Gasteiger partial charge in [0.2, 0.25) is 0 Å². The molecule has 0 aliphatic heterocycles. The van der Waals surface area contributed by atoms with Gasteiger partial charge in [-0.2, -0.15) is 0 Å². The summed E-state index contributed by atoms with van der Waals surface area (Å²) in [7, 11) is 0. The van der Waals surface area contributed by atoms with Crippen molar-refractivity contribution in [2.75, 3.05) is 0 Å². The monoisotopic (exact) mass is 191 g/mol. The molecule has 1 aromatic rings. The van der Waals surface area contributed by atoms with Crippen LogP contribution in [0.5, 0.6) is 0 Å². The lowest BCUT2D eigenvalue weighted by atomic mass is 9.86. The van der Waals surface area contributed by atoms with E-state index in [1.54, 1.807) is 12.1 Å². The fraction of sp³-hybridized carbons (Fsp3) is 0.364. The van der Waals surface area contributed by atoms with Gasteiger partial charge in [0.15, 0.2) is 0 Å². The van der Waals surface area contributed by atoms with Crippen LogP contribution >= 0.6 is 0 Å². The second-order valence-electron chi connectivity index (χ2n) is 3.75. The quantitative estimate of drug-likeness (QED) is 0.701. The van der Waals surface area contributed by atoms with Crippen molar-refractivity contribution in [1.29, 1.82) is 0 Å². The van der Waals surface area contributed by atoms with E-state index in [0.717, 1.165) is 24.0 Å². The third kappa shape index (κ3) is 1.51. The molecule has 14 heavy (non-hydrogen) atoms. The van der Waals surface area contributed by atoms with Crippen LogP contribution in [0.1, 0.15) is 27.9 Å². The molecule has 1 atom stereocenters. The van der Waals surface area contributed by atoms with Crippen molar-refractivity contribution in [2.45, 2.75) is 25.3 Å². The molecule has 0 unspecified atom stereocenters. The highest BCUT2D eigenvalue weighted by Gasteiger charge is 2.20. The molecule has 3 nitrogen and oxygen atoms in total. The maximum Gasteiger partial charge on any atom is 0.335 e. The van der Waals surface area contributed by atoms with Crippen molar-refractivity contribution in [3.8, 4) is 0 Å². The van der Waals surface area contributed by atoms with E-state index in [0.29, 0.717) is 12.0 Å². The van der Waals surface area contributed by atoms with Gasteiger partial charge in [0.05, 0.1) is 5.56 Å². The second kappa shape index (κ2) is 3.42. The van der Waals surface area contributed by atoms with Gasteiger partial charge >= 0.3 is 5.97 Å². The molecule has 0 aromatic heterocycles. The summed E-state index contributed by atoms with van der Waals surface area (Å²) in [6.07, 6.45) is 2.55.